The Bertz CT molecular complexity index is 537. The Labute approximate surface area is 129 Å². The van der Waals surface area contributed by atoms with Crippen LogP contribution in [0.2, 0.25) is 0 Å². The van der Waals surface area contributed by atoms with Gasteiger partial charge in [-0.1, -0.05) is 0 Å². The summed E-state index contributed by atoms with van der Waals surface area (Å²) in [6, 6.07) is 17.2. The monoisotopic (exact) mass is 386 g/mol. The molecule has 0 saturated carbocycles. The Hall–Kier alpha value is -1.34. The third-order valence-electron chi connectivity index (χ3n) is 2.71. The second-order valence-electron chi connectivity index (χ2n) is 4.11. The quantitative estimate of drug-likeness (QED) is 0.544. The molecule has 0 radical (unpaired) electrons. The van der Waals surface area contributed by atoms with E-state index in [1.54, 1.807) is 7.11 Å². The van der Waals surface area contributed by atoms with Gasteiger partial charge in [-0.2, -0.15) is 0 Å². The van der Waals surface area contributed by atoms with Crippen molar-refractivity contribution in [2.45, 2.75) is 6.61 Å². The van der Waals surface area contributed by atoms with Gasteiger partial charge in [0.05, 0.1) is 0 Å². The molecular formula is C16H16O3Te. The first kappa shape index (κ1) is 15.1. The van der Waals surface area contributed by atoms with Crippen LogP contribution >= 0.6 is 0 Å². The molecule has 0 bridgehead atoms. The number of ether oxygens (including phenoxy) is 2. The van der Waals surface area contributed by atoms with Gasteiger partial charge in [0.1, 0.15) is 0 Å². The van der Waals surface area contributed by atoms with E-state index in [9.17, 15) is 4.79 Å². The zero-order chi connectivity index (χ0) is 14.2. The first-order valence-electron chi connectivity index (χ1n) is 6.22. The van der Waals surface area contributed by atoms with Crippen molar-refractivity contribution < 1.29 is 14.3 Å². The van der Waals surface area contributed by atoms with E-state index in [0.717, 1.165) is 16.9 Å². The van der Waals surface area contributed by atoms with Gasteiger partial charge < -0.3 is 0 Å². The third-order valence-corrected chi connectivity index (χ3v) is 4.94. The van der Waals surface area contributed by atoms with Gasteiger partial charge in [-0.25, -0.2) is 0 Å². The summed E-state index contributed by atoms with van der Waals surface area (Å²) in [6.07, 6.45) is 0. The van der Waals surface area contributed by atoms with Gasteiger partial charge in [-0.05, 0) is 0 Å². The summed E-state index contributed by atoms with van der Waals surface area (Å²) in [5.74, 6) is 0.766. The normalized spacial score (nSPS) is 10.2. The number of methoxy groups -OCH3 is 1. The van der Waals surface area contributed by atoms with Crippen LogP contribution in [0.15, 0.2) is 54.6 Å². The molecule has 20 heavy (non-hydrogen) atoms. The predicted molar refractivity (Wildman–Crippen MR) is 79.2 cm³/mol. The second kappa shape index (κ2) is 8.06. The Morgan fingerprint density at radius 1 is 1.05 bits per heavy atom. The summed E-state index contributed by atoms with van der Waals surface area (Å²) >= 11 is -0.817. The molecule has 2 rings (SSSR count). The van der Waals surface area contributed by atoms with E-state index in [4.69, 9.17) is 9.47 Å². The molecule has 0 saturated heterocycles. The minimum absolute atomic E-state index is 0.214. The third kappa shape index (κ3) is 4.64. The summed E-state index contributed by atoms with van der Waals surface area (Å²) in [7, 11) is 1.61. The van der Waals surface area contributed by atoms with Crippen molar-refractivity contribution >= 4 is 24.8 Å². The number of carbonyl (C=O) groups is 1. The van der Waals surface area contributed by atoms with Crippen molar-refractivity contribution in [1.29, 1.82) is 0 Å². The van der Waals surface area contributed by atoms with Gasteiger partial charge in [0, 0.05) is 0 Å². The predicted octanol–water partition coefficient (Wildman–Crippen LogP) is 2.71. The van der Waals surface area contributed by atoms with Crippen molar-refractivity contribution in [2.24, 2.45) is 0 Å². The van der Waals surface area contributed by atoms with Crippen LogP contribution in [0.3, 0.4) is 0 Å². The van der Waals surface area contributed by atoms with Gasteiger partial charge in [0.15, 0.2) is 0 Å². The molecule has 4 heteroatoms. The zero-order valence-electron chi connectivity index (χ0n) is 11.2. The first-order valence-corrected chi connectivity index (χ1v) is 9.04. The number of carbonyl (C=O) groups excluding carboxylic acids is 1. The summed E-state index contributed by atoms with van der Waals surface area (Å²) in [5, 5.41) is 0. The summed E-state index contributed by atoms with van der Waals surface area (Å²) in [6.45, 7) is 0.571. The maximum atomic E-state index is 12.0. The Morgan fingerprint density at radius 3 is 2.40 bits per heavy atom. The number of benzene rings is 2. The van der Waals surface area contributed by atoms with Gasteiger partial charge >= 0.3 is 129 Å². The van der Waals surface area contributed by atoms with E-state index in [1.807, 2.05) is 54.6 Å². The number of hydrogen-bond acceptors (Lipinski definition) is 3. The van der Waals surface area contributed by atoms with Crippen LogP contribution < -0.4 is 4.74 Å². The standard InChI is InChI=1S/C16H16O3Te/c1-18-15-9-7-14(8-10-15)16(17)20-12-19-11-13-5-3-2-4-6-13/h2-10H,11-12H2,1H3. The molecule has 0 aromatic heterocycles. The summed E-state index contributed by atoms with van der Waals surface area (Å²) in [4.78, 5) is 12.0. The second-order valence-corrected chi connectivity index (χ2v) is 6.67. The van der Waals surface area contributed by atoms with Gasteiger partial charge in [-0.3, -0.25) is 0 Å². The molecule has 2 aromatic carbocycles. The van der Waals surface area contributed by atoms with E-state index in [1.165, 1.54) is 0 Å². The van der Waals surface area contributed by atoms with Crippen LogP contribution in [-0.2, 0) is 11.3 Å². The van der Waals surface area contributed by atoms with Gasteiger partial charge in [-0.15, -0.1) is 0 Å². The molecule has 0 heterocycles. The fourth-order valence-corrected chi connectivity index (χ4v) is 3.28. The van der Waals surface area contributed by atoms with E-state index < -0.39 is 20.9 Å². The van der Waals surface area contributed by atoms with E-state index in [0.29, 0.717) is 11.3 Å². The average molecular weight is 384 g/mol. The average Bonchev–Trinajstić information content (AvgIpc) is 2.52. The van der Waals surface area contributed by atoms with E-state index >= 15 is 0 Å². The molecule has 3 nitrogen and oxygen atoms in total. The Balaban J connectivity index is 1.74. The number of rotatable bonds is 7. The molecule has 0 aliphatic heterocycles. The van der Waals surface area contributed by atoms with Crippen molar-refractivity contribution in [3.05, 3.63) is 65.7 Å². The molecule has 2 aromatic rings. The SMILES string of the molecule is COc1ccc(C(=O)[Te]COCc2ccccc2)cc1. The van der Waals surface area contributed by atoms with E-state index in [-0.39, 0.29) is 3.83 Å². The van der Waals surface area contributed by atoms with Crippen LogP contribution in [0.1, 0.15) is 15.9 Å². The number of hydrogen-bond donors (Lipinski definition) is 0. The molecule has 104 valence electrons. The molecule has 0 spiro atoms. The molecule has 0 aliphatic rings. The molecular weight excluding hydrogens is 368 g/mol. The fraction of sp³-hybridized carbons (Fsp3) is 0.188. The Morgan fingerprint density at radius 2 is 1.75 bits per heavy atom. The topological polar surface area (TPSA) is 35.5 Å². The van der Waals surface area contributed by atoms with Crippen LogP contribution in [-0.4, -0.2) is 36.5 Å². The zero-order valence-corrected chi connectivity index (χ0v) is 13.6. The van der Waals surface area contributed by atoms with Crippen molar-refractivity contribution in [2.75, 3.05) is 11.8 Å². The molecule has 0 N–H and O–H groups in total. The van der Waals surface area contributed by atoms with Crippen molar-refractivity contribution in [1.82, 2.24) is 0 Å². The fourth-order valence-electron chi connectivity index (χ4n) is 1.64. The molecule has 0 fully saturated rings. The van der Waals surface area contributed by atoms with Crippen LogP contribution in [0.25, 0.3) is 0 Å². The summed E-state index contributed by atoms with van der Waals surface area (Å²) < 4.78 is 11.4. The van der Waals surface area contributed by atoms with E-state index in [2.05, 4.69) is 0 Å². The van der Waals surface area contributed by atoms with Crippen molar-refractivity contribution in [3.63, 3.8) is 0 Å². The Kier molecular flexibility index (Phi) is 6.07. The van der Waals surface area contributed by atoms with Crippen LogP contribution in [0.5, 0.6) is 5.75 Å². The summed E-state index contributed by atoms with van der Waals surface area (Å²) in [5.41, 5.74) is 1.88. The molecule has 0 atom stereocenters. The van der Waals surface area contributed by atoms with Gasteiger partial charge in [0.25, 0.3) is 0 Å². The van der Waals surface area contributed by atoms with Gasteiger partial charge in [0.2, 0.25) is 0 Å². The van der Waals surface area contributed by atoms with Crippen LogP contribution in [0, 0.1) is 0 Å². The molecule has 0 aliphatic carbocycles. The van der Waals surface area contributed by atoms with Crippen molar-refractivity contribution in [3.8, 4) is 5.75 Å². The van der Waals surface area contributed by atoms with Crippen LogP contribution in [0.4, 0.5) is 0 Å². The first-order chi connectivity index (χ1) is 9.79. The molecule has 0 amide bonds. The maximum absolute atomic E-state index is 12.0. The molecule has 0 unspecified atom stereocenters. The minimum atomic E-state index is -0.817.